The third-order valence-electron chi connectivity index (χ3n) is 5.48. The van der Waals surface area contributed by atoms with Crippen molar-refractivity contribution >= 4 is 32.3 Å². The van der Waals surface area contributed by atoms with Crippen LogP contribution in [0.15, 0.2) is 59.6 Å². The zero-order chi connectivity index (χ0) is 21.0. The fraction of sp³-hybridized carbons (Fsp3) is 0.348. The molecule has 3 aromatic rings. The van der Waals surface area contributed by atoms with Gasteiger partial charge in [0.15, 0.2) is 0 Å². The smallest absolute Gasteiger partial charge is 0.261 e. The van der Waals surface area contributed by atoms with Crippen LogP contribution >= 0.6 is 0 Å². The second-order valence-electron chi connectivity index (χ2n) is 7.65. The van der Waals surface area contributed by atoms with E-state index in [0.717, 1.165) is 67.6 Å². The number of aryl methyl sites for hydroxylation is 1. The number of aromatic nitrogens is 1. The van der Waals surface area contributed by atoms with Crippen molar-refractivity contribution in [3.8, 4) is 0 Å². The van der Waals surface area contributed by atoms with E-state index in [2.05, 4.69) is 26.8 Å². The SMILES string of the molecule is CCCCc1ccc(S(=O)(=O)Nc2ccc3nccc(N4CCNCC4)c3c2)cc1. The topological polar surface area (TPSA) is 74.3 Å². The molecule has 1 saturated heterocycles. The van der Waals surface area contributed by atoms with Crippen LogP contribution in [0, 0.1) is 0 Å². The molecule has 1 fully saturated rings. The minimum atomic E-state index is -3.65. The van der Waals surface area contributed by atoms with Crippen molar-refractivity contribution in [2.75, 3.05) is 35.8 Å². The van der Waals surface area contributed by atoms with Crippen molar-refractivity contribution in [3.63, 3.8) is 0 Å². The van der Waals surface area contributed by atoms with Crippen molar-refractivity contribution in [1.29, 1.82) is 0 Å². The molecule has 0 amide bonds. The maximum absolute atomic E-state index is 12.9. The Morgan fingerprint density at radius 2 is 1.83 bits per heavy atom. The molecule has 0 saturated carbocycles. The Morgan fingerprint density at radius 1 is 1.07 bits per heavy atom. The van der Waals surface area contributed by atoms with Crippen LogP contribution in [0.2, 0.25) is 0 Å². The van der Waals surface area contributed by atoms with Crippen LogP contribution in [0.1, 0.15) is 25.3 Å². The Kier molecular flexibility index (Phi) is 6.20. The molecule has 1 aliphatic heterocycles. The molecule has 2 N–H and O–H groups in total. The lowest BCUT2D eigenvalue weighted by molar-refractivity contribution is 0.590. The molecular weight excluding hydrogens is 396 g/mol. The van der Waals surface area contributed by atoms with Gasteiger partial charge in [-0.3, -0.25) is 9.71 Å². The van der Waals surface area contributed by atoms with E-state index >= 15 is 0 Å². The van der Waals surface area contributed by atoms with Gasteiger partial charge < -0.3 is 10.2 Å². The average Bonchev–Trinajstić information content (AvgIpc) is 2.78. The maximum Gasteiger partial charge on any atom is 0.261 e. The fourth-order valence-electron chi connectivity index (χ4n) is 3.81. The van der Waals surface area contributed by atoms with E-state index in [0.29, 0.717) is 5.69 Å². The van der Waals surface area contributed by atoms with Gasteiger partial charge in [0.2, 0.25) is 0 Å². The van der Waals surface area contributed by atoms with Gasteiger partial charge in [-0.2, -0.15) is 0 Å². The first-order chi connectivity index (χ1) is 14.6. The summed E-state index contributed by atoms with van der Waals surface area (Å²) in [6.45, 7) is 5.85. The maximum atomic E-state index is 12.9. The van der Waals surface area contributed by atoms with Gasteiger partial charge >= 0.3 is 0 Å². The average molecular weight is 425 g/mol. The number of nitrogens with one attached hydrogen (secondary N) is 2. The molecule has 0 aliphatic carbocycles. The van der Waals surface area contributed by atoms with Gasteiger partial charge in [-0.25, -0.2) is 8.42 Å². The highest BCUT2D eigenvalue weighted by atomic mass is 32.2. The molecule has 4 rings (SSSR count). The second kappa shape index (κ2) is 9.02. The summed E-state index contributed by atoms with van der Waals surface area (Å²) in [5.41, 5.74) is 3.65. The van der Waals surface area contributed by atoms with E-state index in [1.807, 2.05) is 36.5 Å². The number of benzene rings is 2. The number of hydrogen-bond donors (Lipinski definition) is 2. The van der Waals surface area contributed by atoms with Crippen LogP contribution in [0.5, 0.6) is 0 Å². The van der Waals surface area contributed by atoms with Crippen LogP contribution < -0.4 is 14.9 Å². The van der Waals surface area contributed by atoms with Gasteiger partial charge in [-0.15, -0.1) is 0 Å². The monoisotopic (exact) mass is 424 g/mol. The molecule has 2 aromatic carbocycles. The van der Waals surface area contributed by atoms with E-state index in [1.165, 1.54) is 0 Å². The van der Waals surface area contributed by atoms with Crippen molar-refractivity contribution in [1.82, 2.24) is 10.3 Å². The molecule has 0 unspecified atom stereocenters. The Bertz CT molecular complexity index is 1110. The predicted molar refractivity (Wildman–Crippen MR) is 123 cm³/mol. The quantitative estimate of drug-likeness (QED) is 0.604. The van der Waals surface area contributed by atoms with E-state index in [4.69, 9.17) is 0 Å². The minimum Gasteiger partial charge on any atom is -0.368 e. The minimum absolute atomic E-state index is 0.274. The summed E-state index contributed by atoms with van der Waals surface area (Å²) in [5, 5.41) is 4.31. The number of rotatable bonds is 7. The highest BCUT2D eigenvalue weighted by molar-refractivity contribution is 7.92. The zero-order valence-electron chi connectivity index (χ0n) is 17.3. The largest absolute Gasteiger partial charge is 0.368 e. The normalized spacial score (nSPS) is 14.8. The lowest BCUT2D eigenvalue weighted by Gasteiger charge is -2.30. The van der Waals surface area contributed by atoms with Gasteiger partial charge in [0.05, 0.1) is 10.4 Å². The number of sulfonamides is 1. The van der Waals surface area contributed by atoms with Crippen molar-refractivity contribution in [2.24, 2.45) is 0 Å². The summed E-state index contributed by atoms with van der Waals surface area (Å²) >= 11 is 0. The molecule has 0 atom stereocenters. The third-order valence-corrected chi connectivity index (χ3v) is 6.88. The van der Waals surface area contributed by atoms with Gasteiger partial charge in [-0.05, 0) is 54.8 Å². The Morgan fingerprint density at radius 3 is 2.57 bits per heavy atom. The van der Waals surface area contributed by atoms with Gasteiger partial charge in [0, 0.05) is 49.1 Å². The van der Waals surface area contributed by atoms with Crippen LogP contribution in [0.4, 0.5) is 11.4 Å². The van der Waals surface area contributed by atoms with Crippen LogP contribution in [-0.4, -0.2) is 39.6 Å². The Labute approximate surface area is 178 Å². The van der Waals surface area contributed by atoms with Gasteiger partial charge in [0.25, 0.3) is 10.0 Å². The number of nitrogens with zero attached hydrogens (tertiary/aromatic N) is 2. The number of hydrogen-bond acceptors (Lipinski definition) is 5. The highest BCUT2D eigenvalue weighted by Gasteiger charge is 2.17. The number of piperazine rings is 1. The Balaban J connectivity index is 1.59. The zero-order valence-corrected chi connectivity index (χ0v) is 18.1. The molecule has 7 heteroatoms. The molecular formula is C23H28N4O2S. The number of unbranched alkanes of at least 4 members (excludes halogenated alkanes) is 1. The first kappa shape index (κ1) is 20.6. The molecule has 0 bridgehead atoms. The van der Waals surface area contributed by atoms with Crippen molar-refractivity contribution < 1.29 is 8.42 Å². The third kappa shape index (κ3) is 4.57. The molecule has 0 spiro atoms. The van der Waals surface area contributed by atoms with Gasteiger partial charge in [0.1, 0.15) is 0 Å². The summed E-state index contributed by atoms with van der Waals surface area (Å²) in [7, 11) is -3.65. The van der Waals surface area contributed by atoms with Gasteiger partial charge in [-0.1, -0.05) is 25.5 Å². The summed E-state index contributed by atoms with van der Waals surface area (Å²) in [5.74, 6) is 0. The number of pyridine rings is 1. The van der Waals surface area contributed by atoms with Crippen LogP contribution in [0.3, 0.4) is 0 Å². The second-order valence-corrected chi connectivity index (χ2v) is 9.33. The van der Waals surface area contributed by atoms with Crippen LogP contribution in [-0.2, 0) is 16.4 Å². The molecule has 0 radical (unpaired) electrons. The molecule has 30 heavy (non-hydrogen) atoms. The molecule has 1 aromatic heterocycles. The van der Waals surface area contributed by atoms with Crippen molar-refractivity contribution in [2.45, 2.75) is 31.1 Å². The van der Waals surface area contributed by atoms with Crippen molar-refractivity contribution in [3.05, 3.63) is 60.3 Å². The highest BCUT2D eigenvalue weighted by Crippen LogP contribution is 2.29. The van der Waals surface area contributed by atoms with E-state index in [9.17, 15) is 8.42 Å². The lowest BCUT2D eigenvalue weighted by Crippen LogP contribution is -2.43. The molecule has 158 valence electrons. The molecule has 2 heterocycles. The summed E-state index contributed by atoms with van der Waals surface area (Å²) in [6.07, 6.45) is 5.00. The predicted octanol–water partition coefficient (Wildman–Crippen LogP) is 3.79. The standard InChI is InChI=1S/C23H28N4O2S/c1-2-3-4-18-5-8-20(9-6-18)30(28,29)26-19-7-10-22-21(17-19)23(11-12-25-22)27-15-13-24-14-16-27/h5-12,17,24,26H,2-4,13-16H2,1H3. The molecule has 6 nitrogen and oxygen atoms in total. The fourth-order valence-corrected chi connectivity index (χ4v) is 4.86. The van der Waals surface area contributed by atoms with E-state index in [-0.39, 0.29) is 4.90 Å². The van der Waals surface area contributed by atoms with Crippen LogP contribution in [0.25, 0.3) is 10.9 Å². The Hall–Kier alpha value is -2.64. The summed E-state index contributed by atoms with van der Waals surface area (Å²) in [4.78, 5) is 7.03. The lowest BCUT2D eigenvalue weighted by atomic mass is 10.1. The number of fused-ring (bicyclic) bond motifs is 1. The molecule has 1 aliphatic rings. The van der Waals surface area contributed by atoms with E-state index < -0.39 is 10.0 Å². The first-order valence-electron chi connectivity index (χ1n) is 10.5. The summed E-state index contributed by atoms with van der Waals surface area (Å²) in [6, 6.07) is 14.7. The number of anilines is 2. The van der Waals surface area contributed by atoms with E-state index in [1.54, 1.807) is 18.2 Å². The summed E-state index contributed by atoms with van der Waals surface area (Å²) < 4.78 is 28.5. The first-order valence-corrected chi connectivity index (χ1v) is 12.0.